The molecule has 0 saturated heterocycles. The van der Waals surface area contributed by atoms with Crippen LogP contribution in [0.2, 0.25) is 0 Å². The Balaban J connectivity index is 0.000000158. The van der Waals surface area contributed by atoms with E-state index < -0.39 is 0 Å². The quantitative estimate of drug-likeness (QED) is 0.156. The van der Waals surface area contributed by atoms with Crippen LogP contribution in [0.15, 0.2) is 134 Å². The third kappa shape index (κ3) is 10.8. The summed E-state index contributed by atoms with van der Waals surface area (Å²) in [5.41, 5.74) is 8.68. The minimum absolute atomic E-state index is 0. The van der Waals surface area contributed by atoms with Gasteiger partial charge in [-0.3, -0.25) is 15.0 Å². The first-order valence-corrected chi connectivity index (χ1v) is 18.1. The molecule has 0 radical (unpaired) electrons. The molecule has 2 aliphatic carbocycles. The number of nitrogens with zero attached hydrogens (tertiary/aromatic N) is 5. The number of aromatic nitrogens is 5. The second-order valence-corrected chi connectivity index (χ2v) is 13.2. The van der Waals surface area contributed by atoms with E-state index in [0.29, 0.717) is 0 Å². The fourth-order valence-corrected chi connectivity index (χ4v) is 7.00. The van der Waals surface area contributed by atoms with Gasteiger partial charge in [0.15, 0.2) is 5.82 Å². The van der Waals surface area contributed by atoms with Crippen molar-refractivity contribution in [2.24, 2.45) is 18.9 Å². The molecule has 0 amide bonds. The van der Waals surface area contributed by atoms with Crippen molar-refractivity contribution in [1.82, 2.24) is 24.5 Å². The molecule has 0 spiro atoms. The van der Waals surface area contributed by atoms with Crippen molar-refractivity contribution in [2.75, 3.05) is 0 Å². The minimum atomic E-state index is 0. The van der Waals surface area contributed by atoms with E-state index in [2.05, 4.69) is 45.6 Å². The van der Waals surface area contributed by atoms with Crippen LogP contribution in [0.3, 0.4) is 0 Å². The molecule has 4 aromatic heterocycles. The van der Waals surface area contributed by atoms with Crippen molar-refractivity contribution in [3.8, 4) is 45.3 Å². The molecule has 2 aliphatic rings. The van der Waals surface area contributed by atoms with E-state index >= 15 is 0 Å². The van der Waals surface area contributed by atoms with E-state index in [1.807, 2.05) is 122 Å². The molecular weight excluding hydrogens is 1010 g/mol. The number of aryl methyl sites for hydroxylation is 1. The molecule has 7 aromatic rings. The topological polar surface area (TPSA) is 56.5 Å². The molecule has 0 N–H and O–H groups in total. The van der Waals surface area contributed by atoms with E-state index in [9.17, 15) is 0 Å². The Labute approximate surface area is 343 Å². The SMILES string of the molecule is Cn1c(-c2cccc(-c3[c-]cccc3)n2)nc2ccccc21.[CH-]1CCC(CC2C[CH-]CC2)C1.[Pt+2].[Pt+2].[c-]1c(-c2ccccn2)cccc1-c1ccccn1. The summed E-state index contributed by atoms with van der Waals surface area (Å²) in [5.74, 6) is 3.00. The normalized spacial score (nSPS) is 15.9. The van der Waals surface area contributed by atoms with E-state index in [1.165, 1.54) is 44.9 Å². The number of hydrogen-bond acceptors (Lipinski definition) is 4. The number of imidazole rings is 1. The molecule has 0 aliphatic heterocycles. The molecule has 9 rings (SSSR count). The maximum absolute atomic E-state index is 4.75. The molecule has 2 unspecified atom stereocenters. The van der Waals surface area contributed by atoms with Crippen molar-refractivity contribution in [2.45, 2.75) is 44.9 Å². The van der Waals surface area contributed by atoms with Gasteiger partial charge in [0.1, 0.15) is 0 Å². The van der Waals surface area contributed by atoms with Gasteiger partial charge in [0.05, 0.1) is 16.7 Å². The molecule has 2 atom stereocenters. The summed E-state index contributed by atoms with van der Waals surface area (Å²) < 4.78 is 2.08. The Kier molecular flexibility index (Phi) is 15.5. The summed E-state index contributed by atoms with van der Waals surface area (Å²) in [4.78, 5) is 18.1. The van der Waals surface area contributed by atoms with Crippen molar-refractivity contribution < 1.29 is 42.1 Å². The molecule has 5 nitrogen and oxygen atoms in total. The third-order valence-corrected chi connectivity index (χ3v) is 9.65. The molecule has 272 valence electrons. The van der Waals surface area contributed by atoms with E-state index in [0.717, 1.165) is 68.2 Å². The summed E-state index contributed by atoms with van der Waals surface area (Å²) in [5, 5.41) is 0. The number of hydrogen-bond donors (Lipinski definition) is 0. The van der Waals surface area contributed by atoms with Gasteiger partial charge in [0.25, 0.3) is 0 Å². The monoisotopic (exact) mass is 1060 g/mol. The van der Waals surface area contributed by atoms with Gasteiger partial charge in [0, 0.05) is 30.8 Å². The van der Waals surface area contributed by atoms with Gasteiger partial charge < -0.3 is 17.4 Å². The molecule has 53 heavy (non-hydrogen) atoms. The number of benzene rings is 3. The average molecular weight is 1060 g/mol. The first kappa shape index (κ1) is 40.1. The number of pyridine rings is 3. The smallest absolute Gasteiger partial charge is 0.328 e. The predicted molar refractivity (Wildman–Crippen MR) is 208 cm³/mol. The van der Waals surface area contributed by atoms with Crippen LogP contribution in [0.5, 0.6) is 0 Å². The summed E-state index contributed by atoms with van der Waals surface area (Å²) in [6.45, 7) is 0. The molecule has 2 saturated carbocycles. The van der Waals surface area contributed by atoms with Gasteiger partial charge in [-0.25, -0.2) is 4.98 Å². The van der Waals surface area contributed by atoms with Crippen LogP contribution in [0, 0.1) is 36.8 Å². The van der Waals surface area contributed by atoms with E-state index in [4.69, 9.17) is 9.97 Å². The maximum Gasteiger partial charge on any atom is 2.00 e. The van der Waals surface area contributed by atoms with Crippen molar-refractivity contribution in [1.29, 1.82) is 0 Å². The van der Waals surface area contributed by atoms with Crippen molar-refractivity contribution in [3.63, 3.8) is 0 Å². The summed E-state index contributed by atoms with van der Waals surface area (Å²) in [7, 11) is 2.02. The van der Waals surface area contributed by atoms with Crippen LogP contribution < -0.4 is 0 Å². The van der Waals surface area contributed by atoms with Crippen LogP contribution in [-0.2, 0) is 49.2 Å². The Morgan fingerprint density at radius 1 is 0.604 bits per heavy atom. The molecule has 4 heterocycles. The van der Waals surface area contributed by atoms with Gasteiger partial charge in [-0.2, -0.15) is 25.7 Å². The summed E-state index contributed by atoms with van der Waals surface area (Å²) >= 11 is 0. The molecular formula is C46H43N5Pt2. The van der Waals surface area contributed by atoms with Crippen LogP contribution in [0.25, 0.3) is 56.3 Å². The number of rotatable bonds is 6. The number of para-hydroxylation sites is 2. The fraction of sp³-hybridized carbons (Fsp3) is 0.217. The predicted octanol–water partition coefficient (Wildman–Crippen LogP) is 11.1. The van der Waals surface area contributed by atoms with Gasteiger partial charge in [-0.15, -0.1) is 60.2 Å². The first-order chi connectivity index (χ1) is 25.2. The van der Waals surface area contributed by atoms with Crippen LogP contribution >= 0.6 is 0 Å². The Morgan fingerprint density at radius 2 is 1.17 bits per heavy atom. The average Bonchev–Trinajstić information content (AvgIpc) is 4.00. The van der Waals surface area contributed by atoms with Crippen molar-refractivity contribution in [3.05, 3.63) is 159 Å². The molecule has 0 bridgehead atoms. The minimum Gasteiger partial charge on any atom is -0.328 e. The van der Waals surface area contributed by atoms with Gasteiger partial charge in [-0.1, -0.05) is 90.8 Å². The molecule has 7 heteroatoms. The van der Waals surface area contributed by atoms with Crippen molar-refractivity contribution >= 4 is 11.0 Å². The number of fused-ring (bicyclic) bond motifs is 1. The van der Waals surface area contributed by atoms with Gasteiger partial charge in [0.2, 0.25) is 0 Å². The Hall–Kier alpha value is -4.04. The van der Waals surface area contributed by atoms with Gasteiger partial charge in [-0.05, 0) is 36.0 Å². The third-order valence-electron chi connectivity index (χ3n) is 9.65. The summed E-state index contributed by atoms with van der Waals surface area (Å²) in [6.07, 6.45) is 18.6. The van der Waals surface area contributed by atoms with Gasteiger partial charge >= 0.3 is 42.1 Å². The van der Waals surface area contributed by atoms with Crippen LogP contribution in [0.1, 0.15) is 44.9 Å². The van der Waals surface area contributed by atoms with Crippen LogP contribution in [-0.4, -0.2) is 24.5 Å². The maximum atomic E-state index is 4.75. The zero-order chi connectivity index (χ0) is 34.7. The zero-order valence-corrected chi connectivity index (χ0v) is 34.4. The molecule has 2 fully saturated rings. The van der Waals surface area contributed by atoms with E-state index in [-0.39, 0.29) is 42.1 Å². The second-order valence-electron chi connectivity index (χ2n) is 13.2. The first-order valence-electron chi connectivity index (χ1n) is 18.1. The molecule has 3 aromatic carbocycles. The fourth-order valence-electron chi connectivity index (χ4n) is 7.00. The zero-order valence-electron chi connectivity index (χ0n) is 29.8. The summed E-state index contributed by atoms with van der Waals surface area (Å²) in [6, 6.07) is 46.3. The van der Waals surface area contributed by atoms with E-state index in [1.54, 1.807) is 12.4 Å². The largest absolute Gasteiger partial charge is 2.00 e. The Morgan fingerprint density at radius 3 is 1.74 bits per heavy atom. The second kappa shape index (κ2) is 20.4. The standard InChI is InChI=1S/C19H14N3.C16H11N2.C11H18.2Pt/c1-22-18-13-6-5-10-16(18)21-19(22)17-12-7-11-15(20-17)14-8-3-2-4-9-14;1-3-10-17-15(8-1)13-6-5-7-14(12-13)16-9-2-4-11-18-16;1-2-6-10(5-1)9-11-7-3-4-8-11;;/h2-8,10-13H,1H3;1-11H;1,3,10-11H,2,4-9H2;;/q2*-1;-2;2*+2. The van der Waals surface area contributed by atoms with Crippen LogP contribution in [0.4, 0.5) is 0 Å². The Bertz CT molecular complexity index is 2040.